The second kappa shape index (κ2) is 11.9. The molecule has 0 aliphatic rings. The molecule has 4 aromatic rings. The summed E-state index contributed by atoms with van der Waals surface area (Å²) in [5, 5.41) is 3.56. The standard InChI is InChI=1S/C29H26O4P.BrH/c1-32-28(30)22-18-19-27(29(31)33-2)23(20-22)21-34(24-12-6-3-7-13-24,25-14-8-4-9-15-25)26-16-10-5-11-17-26;/h3-20H,21H2,1-2H3;1H/q+1;/p-1. The molecule has 0 saturated heterocycles. The Balaban J connectivity index is 0.00000342. The van der Waals surface area contributed by atoms with E-state index in [9.17, 15) is 9.59 Å². The number of rotatable bonds is 7. The van der Waals surface area contributed by atoms with Crippen LogP contribution in [0.2, 0.25) is 0 Å². The Bertz CT molecular complexity index is 1180. The van der Waals surface area contributed by atoms with Gasteiger partial charge in [0.05, 0.1) is 31.5 Å². The van der Waals surface area contributed by atoms with Crippen molar-refractivity contribution in [2.45, 2.75) is 6.16 Å². The second-order valence-electron chi connectivity index (χ2n) is 7.83. The van der Waals surface area contributed by atoms with Crippen molar-refractivity contribution in [3.8, 4) is 0 Å². The molecule has 0 heterocycles. The molecular formula is C29H26BrO4P. The molecule has 0 atom stereocenters. The minimum Gasteiger partial charge on any atom is -1.00 e. The minimum absolute atomic E-state index is 0. The van der Waals surface area contributed by atoms with Crippen molar-refractivity contribution >= 4 is 35.1 Å². The number of carbonyl (C=O) groups excluding carboxylic acids is 2. The van der Waals surface area contributed by atoms with E-state index in [0.29, 0.717) is 17.3 Å². The number of carbonyl (C=O) groups is 2. The number of ether oxygens (including phenoxy) is 2. The van der Waals surface area contributed by atoms with Gasteiger partial charge in [0, 0.05) is 5.56 Å². The summed E-state index contributed by atoms with van der Waals surface area (Å²) in [5.41, 5.74) is 1.60. The van der Waals surface area contributed by atoms with Crippen molar-refractivity contribution in [3.63, 3.8) is 0 Å². The largest absolute Gasteiger partial charge is 1.00 e. The van der Waals surface area contributed by atoms with E-state index in [1.165, 1.54) is 30.1 Å². The highest BCUT2D eigenvalue weighted by Crippen LogP contribution is 2.58. The molecule has 6 heteroatoms. The lowest BCUT2D eigenvalue weighted by Gasteiger charge is -2.28. The molecule has 178 valence electrons. The second-order valence-corrected chi connectivity index (χ2v) is 11.3. The van der Waals surface area contributed by atoms with Gasteiger partial charge in [0.15, 0.2) is 0 Å². The average molecular weight is 549 g/mol. The summed E-state index contributed by atoms with van der Waals surface area (Å²) in [6.07, 6.45) is 0.542. The van der Waals surface area contributed by atoms with E-state index in [-0.39, 0.29) is 17.0 Å². The topological polar surface area (TPSA) is 52.6 Å². The highest BCUT2D eigenvalue weighted by atomic mass is 79.9. The number of esters is 2. The Morgan fingerprint density at radius 1 is 0.629 bits per heavy atom. The third-order valence-corrected chi connectivity index (χ3v) is 10.3. The van der Waals surface area contributed by atoms with Crippen LogP contribution in [0.4, 0.5) is 0 Å². The Labute approximate surface area is 217 Å². The van der Waals surface area contributed by atoms with Crippen LogP contribution in [0.25, 0.3) is 0 Å². The fourth-order valence-corrected chi connectivity index (χ4v) is 8.56. The first-order valence-electron chi connectivity index (χ1n) is 10.9. The lowest BCUT2D eigenvalue weighted by Crippen LogP contribution is -3.00. The predicted molar refractivity (Wildman–Crippen MR) is 138 cm³/mol. The van der Waals surface area contributed by atoms with Gasteiger partial charge in [0.25, 0.3) is 0 Å². The summed E-state index contributed by atoms with van der Waals surface area (Å²) in [7, 11) is 0.451. The van der Waals surface area contributed by atoms with Gasteiger partial charge in [-0.1, -0.05) is 54.6 Å². The molecule has 0 unspecified atom stereocenters. The van der Waals surface area contributed by atoms with Crippen LogP contribution in [-0.4, -0.2) is 26.2 Å². The highest BCUT2D eigenvalue weighted by molar-refractivity contribution is 7.95. The van der Waals surface area contributed by atoms with E-state index in [0.717, 1.165) is 5.56 Å². The molecule has 0 aromatic heterocycles. The van der Waals surface area contributed by atoms with Crippen molar-refractivity contribution in [2.24, 2.45) is 0 Å². The maximum Gasteiger partial charge on any atom is 0.338 e. The molecule has 35 heavy (non-hydrogen) atoms. The van der Waals surface area contributed by atoms with E-state index >= 15 is 0 Å². The van der Waals surface area contributed by atoms with Gasteiger partial charge < -0.3 is 26.5 Å². The Hall–Kier alpha value is -3.27. The minimum atomic E-state index is -2.27. The van der Waals surface area contributed by atoms with Gasteiger partial charge >= 0.3 is 11.9 Å². The molecule has 0 bridgehead atoms. The Kier molecular flexibility index (Phi) is 8.97. The van der Waals surface area contributed by atoms with E-state index < -0.39 is 19.2 Å². The monoisotopic (exact) mass is 548 g/mol. The van der Waals surface area contributed by atoms with Crippen molar-refractivity contribution in [1.29, 1.82) is 0 Å². The summed E-state index contributed by atoms with van der Waals surface area (Å²) >= 11 is 0. The summed E-state index contributed by atoms with van der Waals surface area (Å²) in [4.78, 5) is 25.1. The zero-order valence-electron chi connectivity index (χ0n) is 19.6. The van der Waals surface area contributed by atoms with Gasteiger partial charge in [0.1, 0.15) is 23.2 Å². The lowest BCUT2D eigenvalue weighted by molar-refractivity contribution is -0.0000353. The molecule has 0 spiro atoms. The SMILES string of the molecule is COC(=O)c1ccc(C(=O)OC)c(C[P+](c2ccccc2)(c2ccccc2)c2ccccc2)c1.[Br-]. The molecule has 0 aliphatic heterocycles. The fourth-order valence-electron chi connectivity index (χ4n) is 4.30. The number of halogens is 1. The zero-order chi connectivity index (χ0) is 24.0. The normalized spacial score (nSPS) is 10.7. The number of hydrogen-bond acceptors (Lipinski definition) is 4. The van der Waals surface area contributed by atoms with Gasteiger partial charge in [-0.3, -0.25) is 0 Å². The average Bonchev–Trinajstić information content (AvgIpc) is 2.92. The molecule has 0 fully saturated rings. The van der Waals surface area contributed by atoms with Gasteiger partial charge in [-0.15, -0.1) is 0 Å². The molecule has 0 saturated carbocycles. The summed E-state index contributed by atoms with van der Waals surface area (Å²) in [6.45, 7) is 0. The molecule has 0 aliphatic carbocycles. The molecule has 0 amide bonds. The van der Waals surface area contributed by atoms with Gasteiger partial charge in [0.2, 0.25) is 0 Å². The first kappa shape index (κ1) is 26.3. The van der Waals surface area contributed by atoms with Gasteiger partial charge in [-0.25, -0.2) is 9.59 Å². The third-order valence-electron chi connectivity index (χ3n) is 5.93. The number of methoxy groups -OCH3 is 2. The van der Waals surface area contributed by atoms with Crippen LogP contribution in [0.5, 0.6) is 0 Å². The van der Waals surface area contributed by atoms with E-state index in [4.69, 9.17) is 9.47 Å². The molecule has 4 rings (SSSR count). The maximum atomic E-state index is 12.8. The first-order chi connectivity index (χ1) is 16.6. The fraction of sp³-hybridized carbons (Fsp3) is 0.103. The van der Waals surface area contributed by atoms with Crippen molar-refractivity contribution < 1.29 is 36.0 Å². The quantitative estimate of drug-likeness (QED) is 0.261. The maximum absolute atomic E-state index is 12.8. The predicted octanol–water partition coefficient (Wildman–Crippen LogP) is 1.76. The third kappa shape index (κ3) is 5.37. The van der Waals surface area contributed by atoms with Crippen molar-refractivity contribution in [2.75, 3.05) is 14.2 Å². The summed E-state index contributed by atoms with van der Waals surface area (Å²) < 4.78 is 10.0. The smallest absolute Gasteiger partial charge is 0.338 e. The molecule has 0 radical (unpaired) electrons. The van der Waals surface area contributed by atoms with Crippen molar-refractivity contribution in [1.82, 2.24) is 0 Å². The van der Waals surface area contributed by atoms with Gasteiger partial charge in [-0.2, -0.15) is 0 Å². The summed E-state index contributed by atoms with van der Waals surface area (Å²) in [6, 6.07) is 36.2. The van der Waals surface area contributed by atoms with Crippen LogP contribution < -0.4 is 32.9 Å². The van der Waals surface area contributed by atoms with E-state index in [1.807, 2.05) is 54.6 Å². The molecule has 4 aromatic carbocycles. The number of benzene rings is 4. The van der Waals surface area contributed by atoms with Gasteiger partial charge in [-0.05, 0) is 54.6 Å². The Morgan fingerprint density at radius 3 is 1.46 bits per heavy atom. The summed E-state index contributed by atoms with van der Waals surface area (Å²) in [5.74, 6) is -0.876. The molecular weight excluding hydrogens is 523 g/mol. The van der Waals surface area contributed by atoms with E-state index in [2.05, 4.69) is 36.4 Å². The van der Waals surface area contributed by atoms with Crippen LogP contribution in [-0.2, 0) is 15.6 Å². The first-order valence-corrected chi connectivity index (χ1v) is 12.9. The van der Waals surface area contributed by atoms with Crippen LogP contribution in [0, 0.1) is 0 Å². The Morgan fingerprint density at radius 2 is 1.06 bits per heavy atom. The molecule has 4 nitrogen and oxygen atoms in total. The van der Waals surface area contributed by atoms with Crippen LogP contribution in [0.15, 0.2) is 109 Å². The highest BCUT2D eigenvalue weighted by Gasteiger charge is 2.46. The molecule has 0 N–H and O–H groups in total. The number of hydrogen-bond donors (Lipinski definition) is 0. The van der Waals surface area contributed by atoms with E-state index in [1.54, 1.807) is 18.2 Å². The lowest BCUT2D eigenvalue weighted by atomic mass is 10.1. The van der Waals surface area contributed by atoms with Crippen LogP contribution in [0.3, 0.4) is 0 Å². The van der Waals surface area contributed by atoms with Crippen LogP contribution >= 0.6 is 7.26 Å². The zero-order valence-corrected chi connectivity index (χ0v) is 22.0. The van der Waals surface area contributed by atoms with Crippen molar-refractivity contribution in [3.05, 3.63) is 126 Å². The van der Waals surface area contributed by atoms with Crippen LogP contribution in [0.1, 0.15) is 26.3 Å².